The molecule has 0 aliphatic carbocycles. The quantitative estimate of drug-likeness (QED) is 0.392. The van der Waals surface area contributed by atoms with E-state index < -0.39 is 18.3 Å². The molecule has 2 atom stereocenters. The van der Waals surface area contributed by atoms with Crippen LogP contribution in [0.2, 0.25) is 0 Å². The highest BCUT2D eigenvalue weighted by atomic mass is 35.5. The summed E-state index contributed by atoms with van der Waals surface area (Å²) in [5, 5.41) is 7.64. The Bertz CT molecular complexity index is 1230. The highest BCUT2D eigenvalue weighted by Gasteiger charge is 2.46. The summed E-state index contributed by atoms with van der Waals surface area (Å²) in [6.07, 6.45) is -4.63. The lowest BCUT2D eigenvalue weighted by atomic mass is 9.96. The molecule has 2 aliphatic heterocycles. The molecule has 1 fully saturated rings. The number of hydrogen-bond donors (Lipinski definition) is 1. The molecule has 214 valence electrons. The number of benzene rings is 2. The fourth-order valence-corrected chi connectivity index (χ4v) is 5.05. The first kappa shape index (κ1) is 30.9. The molecule has 5 rings (SSSR count). The molecule has 0 saturated carbocycles. The Hall–Kier alpha value is -2.66. The molecule has 2 aliphatic rings. The highest BCUT2D eigenvalue weighted by Crippen LogP contribution is 2.45. The number of likely N-dealkylation sites (N-methyl/N-ethyl adjacent to an activating group) is 1. The third-order valence-electron chi connectivity index (χ3n) is 7.25. The lowest BCUT2D eigenvalue weighted by Crippen LogP contribution is -2.43. The molecule has 2 unspecified atom stereocenters. The van der Waals surface area contributed by atoms with Crippen LogP contribution in [0, 0.1) is 0 Å². The molecule has 2 aromatic carbocycles. The van der Waals surface area contributed by atoms with Crippen molar-refractivity contribution in [2.75, 3.05) is 52.8 Å². The Morgan fingerprint density at radius 3 is 2.21 bits per heavy atom. The predicted octanol–water partition coefficient (Wildman–Crippen LogP) is 5.82. The van der Waals surface area contributed by atoms with Gasteiger partial charge in [0.1, 0.15) is 5.82 Å². The molecule has 0 bridgehead atoms. The van der Waals surface area contributed by atoms with Gasteiger partial charge in [0, 0.05) is 50.8 Å². The molecule has 12 heteroatoms. The van der Waals surface area contributed by atoms with Crippen molar-refractivity contribution in [1.82, 2.24) is 19.6 Å². The summed E-state index contributed by atoms with van der Waals surface area (Å²) in [5.74, 6) is 1.34. The average Bonchev–Trinajstić information content (AvgIpc) is 3.33. The van der Waals surface area contributed by atoms with Gasteiger partial charge >= 0.3 is 6.18 Å². The number of nitrogens with zero attached hydrogens (tertiary/aromatic N) is 4. The average molecular weight is 589 g/mol. The van der Waals surface area contributed by atoms with Gasteiger partial charge in [-0.1, -0.05) is 30.3 Å². The third kappa shape index (κ3) is 6.74. The zero-order valence-electron chi connectivity index (χ0n) is 22.1. The second-order valence-electron chi connectivity index (χ2n) is 9.74. The van der Waals surface area contributed by atoms with Crippen LogP contribution in [0.1, 0.15) is 29.6 Å². The van der Waals surface area contributed by atoms with Crippen molar-refractivity contribution in [2.24, 2.45) is 0 Å². The summed E-state index contributed by atoms with van der Waals surface area (Å²) in [6, 6.07) is 12.5. The Balaban J connectivity index is 0.00000210. The molecule has 0 spiro atoms. The number of alkyl halides is 3. The van der Waals surface area contributed by atoms with Gasteiger partial charge in [-0.05, 0) is 30.3 Å². The van der Waals surface area contributed by atoms with Gasteiger partial charge in [-0.25, -0.2) is 4.68 Å². The standard InChI is InChI=1S/C27H32F3N5O2.2ClH/c1-33-10-12-34(13-11-33)17-18-4-6-19(7-5-18)22-16-26-31-21(15-25(27(28,29)30)35(26)32-22)20-8-9-23(36-2)24(14-20)37-3;;/h4-9,14,16,21,25,31H,10-13,15,17H2,1-3H3;2*1H. The third-order valence-corrected chi connectivity index (χ3v) is 7.25. The molecule has 1 saturated heterocycles. The van der Waals surface area contributed by atoms with Crippen LogP contribution in [0.3, 0.4) is 0 Å². The predicted molar refractivity (Wildman–Crippen MR) is 151 cm³/mol. The fourth-order valence-electron chi connectivity index (χ4n) is 5.05. The number of fused-ring (bicyclic) bond motifs is 1. The monoisotopic (exact) mass is 587 g/mol. The van der Waals surface area contributed by atoms with Crippen molar-refractivity contribution in [3.8, 4) is 22.8 Å². The van der Waals surface area contributed by atoms with E-state index in [1.165, 1.54) is 19.8 Å². The number of piperazine rings is 1. The molecular formula is C27H34Cl2F3N5O2. The van der Waals surface area contributed by atoms with Gasteiger partial charge in [-0.2, -0.15) is 18.3 Å². The van der Waals surface area contributed by atoms with E-state index in [9.17, 15) is 13.2 Å². The van der Waals surface area contributed by atoms with Gasteiger partial charge in [-0.3, -0.25) is 4.90 Å². The minimum Gasteiger partial charge on any atom is -0.493 e. The first-order valence-corrected chi connectivity index (χ1v) is 12.4. The van der Waals surface area contributed by atoms with Gasteiger partial charge in [0.05, 0.1) is 26.0 Å². The molecule has 1 N–H and O–H groups in total. The Kier molecular flexibility index (Phi) is 10.0. The van der Waals surface area contributed by atoms with E-state index in [4.69, 9.17) is 9.47 Å². The van der Waals surface area contributed by atoms with Crippen LogP contribution in [0.25, 0.3) is 11.3 Å². The van der Waals surface area contributed by atoms with E-state index in [1.54, 1.807) is 24.3 Å². The zero-order chi connectivity index (χ0) is 26.2. The number of nitrogens with one attached hydrogen (secondary N) is 1. The van der Waals surface area contributed by atoms with Crippen molar-refractivity contribution in [3.63, 3.8) is 0 Å². The molecule has 1 aromatic heterocycles. The number of aromatic nitrogens is 2. The second-order valence-corrected chi connectivity index (χ2v) is 9.74. The number of methoxy groups -OCH3 is 2. The van der Waals surface area contributed by atoms with E-state index in [0.29, 0.717) is 28.6 Å². The largest absolute Gasteiger partial charge is 0.493 e. The number of ether oxygens (including phenoxy) is 2. The Morgan fingerprint density at radius 1 is 0.923 bits per heavy atom. The van der Waals surface area contributed by atoms with Gasteiger partial charge in [0.15, 0.2) is 17.5 Å². The van der Waals surface area contributed by atoms with Gasteiger partial charge < -0.3 is 19.7 Å². The first-order chi connectivity index (χ1) is 17.7. The minimum atomic E-state index is -4.44. The molecular weight excluding hydrogens is 554 g/mol. The van der Waals surface area contributed by atoms with Crippen molar-refractivity contribution in [3.05, 3.63) is 59.7 Å². The molecule has 3 heterocycles. The van der Waals surface area contributed by atoms with E-state index in [1.807, 2.05) is 24.3 Å². The van der Waals surface area contributed by atoms with Gasteiger partial charge in [0.25, 0.3) is 0 Å². The van der Waals surface area contributed by atoms with E-state index >= 15 is 0 Å². The second kappa shape index (κ2) is 12.7. The van der Waals surface area contributed by atoms with Crippen molar-refractivity contribution < 1.29 is 22.6 Å². The molecule has 39 heavy (non-hydrogen) atoms. The van der Waals surface area contributed by atoms with E-state index in [0.717, 1.165) is 43.0 Å². The summed E-state index contributed by atoms with van der Waals surface area (Å²) in [6.45, 7) is 5.01. The Morgan fingerprint density at radius 2 is 1.59 bits per heavy atom. The van der Waals surface area contributed by atoms with Gasteiger partial charge in [0.2, 0.25) is 0 Å². The SMILES string of the molecule is COc1ccc(C2CC(C(F)(F)F)n3nc(-c4ccc(CN5CCN(C)CC5)cc4)cc3N2)cc1OC.Cl.Cl. The summed E-state index contributed by atoms with van der Waals surface area (Å²) in [4.78, 5) is 4.73. The summed E-state index contributed by atoms with van der Waals surface area (Å²) in [7, 11) is 5.16. The van der Waals surface area contributed by atoms with Gasteiger partial charge in [-0.15, -0.1) is 24.8 Å². The maximum atomic E-state index is 14.1. The van der Waals surface area contributed by atoms with Crippen LogP contribution in [0.5, 0.6) is 11.5 Å². The summed E-state index contributed by atoms with van der Waals surface area (Å²) >= 11 is 0. The number of anilines is 1. The smallest absolute Gasteiger partial charge is 0.410 e. The van der Waals surface area contributed by atoms with Crippen LogP contribution in [-0.4, -0.2) is 73.2 Å². The summed E-state index contributed by atoms with van der Waals surface area (Å²) < 4.78 is 54.1. The lowest BCUT2D eigenvalue weighted by molar-refractivity contribution is -0.173. The summed E-state index contributed by atoms with van der Waals surface area (Å²) in [5.41, 5.74) is 3.16. The maximum absolute atomic E-state index is 14.1. The lowest BCUT2D eigenvalue weighted by Gasteiger charge is -2.33. The van der Waals surface area contributed by atoms with Crippen LogP contribution in [0.4, 0.5) is 19.0 Å². The van der Waals surface area contributed by atoms with Crippen molar-refractivity contribution in [1.29, 1.82) is 0 Å². The van der Waals surface area contributed by atoms with Crippen molar-refractivity contribution in [2.45, 2.75) is 31.2 Å². The molecule has 3 aromatic rings. The number of rotatable bonds is 6. The molecule has 0 radical (unpaired) electrons. The topological polar surface area (TPSA) is 54.8 Å². The van der Waals surface area contributed by atoms with Crippen LogP contribution >= 0.6 is 24.8 Å². The van der Waals surface area contributed by atoms with E-state index in [-0.39, 0.29) is 31.2 Å². The van der Waals surface area contributed by atoms with Crippen LogP contribution in [-0.2, 0) is 6.54 Å². The van der Waals surface area contributed by atoms with Crippen LogP contribution < -0.4 is 14.8 Å². The van der Waals surface area contributed by atoms with E-state index in [2.05, 4.69) is 27.3 Å². The molecule has 7 nitrogen and oxygen atoms in total. The number of hydrogen-bond acceptors (Lipinski definition) is 6. The Labute approximate surface area is 239 Å². The molecule has 0 amide bonds. The first-order valence-electron chi connectivity index (χ1n) is 12.4. The maximum Gasteiger partial charge on any atom is 0.410 e. The minimum absolute atomic E-state index is 0. The fraction of sp³-hybridized carbons (Fsp3) is 0.444. The van der Waals surface area contributed by atoms with Crippen molar-refractivity contribution >= 4 is 30.6 Å². The van der Waals surface area contributed by atoms with Crippen LogP contribution in [0.15, 0.2) is 48.5 Å². The highest BCUT2D eigenvalue weighted by molar-refractivity contribution is 5.85. The number of halogens is 5. The zero-order valence-corrected chi connectivity index (χ0v) is 23.7. The normalized spacial score (nSPS) is 19.7.